The van der Waals surface area contributed by atoms with Gasteiger partial charge in [0.15, 0.2) is 5.65 Å². The van der Waals surface area contributed by atoms with E-state index in [1.807, 2.05) is 19.3 Å². The van der Waals surface area contributed by atoms with E-state index in [4.69, 9.17) is 0 Å². The van der Waals surface area contributed by atoms with E-state index in [0.717, 1.165) is 66.9 Å². The Labute approximate surface area is 163 Å². The number of anilines is 1. The highest BCUT2D eigenvalue weighted by atomic mass is 16.1. The molecule has 5 rings (SSSR count). The largest absolute Gasteiger partial charge is 0.356 e. The molecule has 1 saturated heterocycles. The van der Waals surface area contributed by atoms with Crippen LogP contribution in [0.3, 0.4) is 0 Å². The van der Waals surface area contributed by atoms with E-state index in [1.165, 1.54) is 12.8 Å². The molecule has 0 unspecified atom stereocenters. The van der Waals surface area contributed by atoms with Crippen LogP contribution < -0.4 is 10.5 Å². The van der Waals surface area contributed by atoms with E-state index >= 15 is 0 Å². The number of nitrogens with zero attached hydrogens (tertiary/aromatic N) is 7. The number of piperidine rings is 1. The van der Waals surface area contributed by atoms with E-state index in [9.17, 15) is 4.79 Å². The van der Waals surface area contributed by atoms with Crippen molar-refractivity contribution in [1.82, 2.24) is 29.5 Å². The molecule has 0 bridgehead atoms. The maximum absolute atomic E-state index is 12.5. The van der Waals surface area contributed by atoms with Gasteiger partial charge >= 0.3 is 0 Å². The summed E-state index contributed by atoms with van der Waals surface area (Å²) >= 11 is 0. The highest BCUT2D eigenvalue weighted by Gasteiger charge is 2.24. The third kappa shape index (κ3) is 3.06. The SMILES string of the molecule is Cn1ncc2c(N3CCC(Cn4nc5c(cc4=O)CCCC5)CC3)ncnc21. The van der Waals surface area contributed by atoms with Crippen LogP contribution in [0.2, 0.25) is 0 Å². The van der Waals surface area contributed by atoms with Crippen LogP contribution in [-0.4, -0.2) is 42.6 Å². The number of fused-ring (bicyclic) bond motifs is 2. The fourth-order valence-corrected chi connectivity index (χ4v) is 4.51. The highest BCUT2D eigenvalue weighted by molar-refractivity contribution is 5.86. The van der Waals surface area contributed by atoms with Crippen molar-refractivity contribution in [2.45, 2.75) is 45.1 Å². The molecular weight excluding hydrogens is 354 g/mol. The van der Waals surface area contributed by atoms with E-state index in [2.05, 4.69) is 25.1 Å². The van der Waals surface area contributed by atoms with E-state index < -0.39 is 0 Å². The van der Waals surface area contributed by atoms with Crippen LogP contribution in [0.4, 0.5) is 5.82 Å². The summed E-state index contributed by atoms with van der Waals surface area (Å²) in [5.74, 6) is 1.43. The van der Waals surface area contributed by atoms with E-state index in [-0.39, 0.29) is 5.56 Å². The minimum atomic E-state index is 0.0518. The zero-order valence-electron chi connectivity index (χ0n) is 16.2. The summed E-state index contributed by atoms with van der Waals surface area (Å²) in [5.41, 5.74) is 3.20. The molecule has 1 aliphatic carbocycles. The van der Waals surface area contributed by atoms with Gasteiger partial charge in [-0.2, -0.15) is 10.2 Å². The smallest absolute Gasteiger partial charge is 0.267 e. The summed E-state index contributed by atoms with van der Waals surface area (Å²) in [7, 11) is 1.90. The second-order valence-electron chi connectivity index (χ2n) is 7.98. The Bertz CT molecular complexity index is 1060. The van der Waals surface area contributed by atoms with Crippen LogP contribution in [0.1, 0.15) is 36.9 Å². The van der Waals surface area contributed by atoms with Crippen LogP contribution in [0.15, 0.2) is 23.4 Å². The van der Waals surface area contributed by atoms with Crippen molar-refractivity contribution in [2.24, 2.45) is 13.0 Å². The first kappa shape index (κ1) is 17.3. The van der Waals surface area contributed by atoms with Crippen LogP contribution >= 0.6 is 0 Å². The molecule has 0 atom stereocenters. The van der Waals surface area contributed by atoms with Crippen molar-refractivity contribution in [3.63, 3.8) is 0 Å². The minimum absolute atomic E-state index is 0.0518. The average molecular weight is 379 g/mol. The fraction of sp³-hybridized carbons (Fsp3) is 0.550. The highest BCUT2D eigenvalue weighted by Crippen LogP contribution is 2.27. The Hall–Kier alpha value is -2.77. The van der Waals surface area contributed by atoms with Crippen molar-refractivity contribution in [3.05, 3.63) is 40.2 Å². The van der Waals surface area contributed by atoms with Crippen molar-refractivity contribution in [1.29, 1.82) is 0 Å². The molecule has 0 saturated carbocycles. The lowest BCUT2D eigenvalue weighted by Crippen LogP contribution is -2.37. The van der Waals surface area contributed by atoms with Gasteiger partial charge in [0, 0.05) is 32.7 Å². The Morgan fingerprint density at radius 3 is 2.82 bits per heavy atom. The summed E-state index contributed by atoms with van der Waals surface area (Å²) in [6, 6.07) is 1.82. The summed E-state index contributed by atoms with van der Waals surface area (Å²) < 4.78 is 3.48. The maximum atomic E-state index is 12.5. The van der Waals surface area contributed by atoms with Gasteiger partial charge < -0.3 is 4.90 Å². The Morgan fingerprint density at radius 1 is 1.14 bits per heavy atom. The minimum Gasteiger partial charge on any atom is -0.356 e. The van der Waals surface area contributed by atoms with Crippen LogP contribution in [0.25, 0.3) is 11.0 Å². The molecule has 3 aromatic heterocycles. The molecule has 0 aromatic carbocycles. The summed E-state index contributed by atoms with van der Waals surface area (Å²) in [5, 5.41) is 9.99. The van der Waals surface area contributed by atoms with E-state index in [0.29, 0.717) is 12.5 Å². The number of aromatic nitrogens is 6. The summed E-state index contributed by atoms with van der Waals surface area (Å²) in [4.78, 5) is 23.6. The quantitative estimate of drug-likeness (QED) is 0.689. The van der Waals surface area contributed by atoms with Crippen LogP contribution in [-0.2, 0) is 26.4 Å². The predicted molar refractivity (Wildman–Crippen MR) is 106 cm³/mol. The molecule has 3 aromatic rings. The van der Waals surface area contributed by atoms with Gasteiger partial charge in [0.1, 0.15) is 12.1 Å². The molecule has 2 aliphatic rings. The molecule has 4 heterocycles. The number of aryl methyl sites for hydroxylation is 3. The van der Waals surface area contributed by atoms with Gasteiger partial charge in [0.25, 0.3) is 5.56 Å². The molecule has 146 valence electrons. The Morgan fingerprint density at radius 2 is 1.96 bits per heavy atom. The second kappa shape index (κ2) is 7.00. The first-order valence-electron chi connectivity index (χ1n) is 10.2. The van der Waals surface area contributed by atoms with Gasteiger partial charge in [-0.1, -0.05) is 0 Å². The fourth-order valence-electron chi connectivity index (χ4n) is 4.51. The number of hydrogen-bond acceptors (Lipinski definition) is 6. The van der Waals surface area contributed by atoms with Gasteiger partial charge in [0.05, 0.1) is 17.3 Å². The zero-order valence-corrected chi connectivity index (χ0v) is 16.2. The van der Waals surface area contributed by atoms with Crippen molar-refractivity contribution in [2.75, 3.05) is 18.0 Å². The Balaban J connectivity index is 1.29. The third-order valence-corrected chi connectivity index (χ3v) is 6.13. The normalized spacial score (nSPS) is 17.8. The van der Waals surface area contributed by atoms with Gasteiger partial charge in [-0.05, 0) is 50.0 Å². The standard InChI is InChI=1S/C20H25N7O/c1-25-19-16(11-23-25)20(22-13-21-19)26-8-6-14(7-9-26)12-27-18(28)10-15-4-2-3-5-17(15)24-27/h10-11,13-14H,2-9,12H2,1H3. The molecule has 1 fully saturated rings. The van der Waals surface area contributed by atoms with Crippen molar-refractivity contribution >= 4 is 16.9 Å². The number of rotatable bonds is 3. The van der Waals surface area contributed by atoms with Crippen LogP contribution in [0, 0.1) is 5.92 Å². The van der Waals surface area contributed by atoms with Gasteiger partial charge in [0.2, 0.25) is 0 Å². The molecular formula is C20H25N7O. The molecule has 0 N–H and O–H groups in total. The topological polar surface area (TPSA) is 81.7 Å². The Kier molecular flexibility index (Phi) is 4.33. The predicted octanol–water partition coefficient (Wildman–Crippen LogP) is 1.72. The number of hydrogen-bond donors (Lipinski definition) is 0. The molecule has 0 amide bonds. The first-order chi connectivity index (χ1) is 13.7. The second-order valence-corrected chi connectivity index (χ2v) is 7.98. The summed E-state index contributed by atoms with van der Waals surface area (Å²) in [6.07, 6.45) is 9.85. The first-order valence-corrected chi connectivity index (χ1v) is 10.2. The van der Waals surface area contributed by atoms with Gasteiger partial charge in [-0.3, -0.25) is 9.48 Å². The molecule has 8 heteroatoms. The molecule has 0 radical (unpaired) electrons. The monoisotopic (exact) mass is 379 g/mol. The maximum Gasteiger partial charge on any atom is 0.267 e. The molecule has 0 spiro atoms. The summed E-state index contributed by atoms with van der Waals surface area (Å²) in [6.45, 7) is 2.56. The average Bonchev–Trinajstić information content (AvgIpc) is 3.10. The van der Waals surface area contributed by atoms with Gasteiger partial charge in [-0.15, -0.1) is 0 Å². The third-order valence-electron chi connectivity index (χ3n) is 6.13. The lowest BCUT2D eigenvalue weighted by molar-refractivity contribution is 0.331. The molecule has 8 nitrogen and oxygen atoms in total. The lowest BCUT2D eigenvalue weighted by atomic mass is 9.95. The van der Waals surface area contributed by atoms with Crippen molar-refractivity contribution in [3.8, 4) is 0 Å². The molecule has 1 aliphatic heterocycles. The zero-order chi connectivity index (χ0) is 19.1. The lowest BCUT2D eigenvalue weighted by Gasteiger charge is -2.33. The molecule has 28 heavy (non-hydrogen) atoms. The van der Waals surface area contributed by atoms with E-state index in [1.54, 1.807) is 15.7 Å². The van der Waals surface area contributed by atoms with Crippen LogP contribution in [0.5, 0.6) is 0 Å². The van der Waals surface area contributed by atoms with Gasteiger partial charge in [-0.25, -0.2) is 14.6 Å². The van der Waals surface area contributed by atoms with Crippen molar-refractivity contribution < 1.29 is 0 Å².